The van der Waals surface area contributed by atoms with Crippen molar-refractivity contribution in [3.8, 4) is 5.75 Å². The molecule has 0 N–H and O–H groups in total. The highest BCUT2D eigenvalue weighted by Crippen LogP contribution is 2.14. The number of carbonyl (C=O) groups excluding carboxylic acids is 1. The second-order valence-corrected chi connectivity index (χ2v) is 7.11. The highest BCUT2D eigenvalue weighted by Gasteiger charge is 2.22. The van der Waals surface area contributed by atoms with Crippen LogP contribution in [0.1, 0.15) is 44.4 Å². The van der Waals surface area contributed by atoms with E-state index in [0.29, 0.717) is 31.4 Å². The maximum Gasteiger partial charge on any atom is 0.230 e. The molecular weight excluding hydrogens is 344 g/mol. The lowest BCUT2D eigenvalue weighted by atomic mass is 10.2. The lowest BCUT2D eigenvalue weighted by Crippen LogP contribution is -2.48. The molecule has 0 bridgehead atoms. The van der Waals surface area contributed by atoms with Gasteiger partial charge in [0.15, 0.2) is 0 Å². The molecule has 2 heterocycles. The fourth-order valence-corrected chi connectivity index (χ4v) is 3.00. The van der Waals surface area contributed by atoms with Gasteiger partial charge in [0.2, 0.25) is 17.7 Å². The average molecular weight is 372 g/mol. The molecule has 7 nitrogen and oxygen atoms in total. The minimum Gasteiger partial charge on any atom is -0.494 e. The zero-order chi connectivity index (χ0) is 19.1. The summed E-state index contributed by atoms with van der Waals surface area (Å²) in [6.07, 6.45) is 1.25. The monoisotopic (exact) mass is 372 g/mol. The zero-order valence-electron chi connectivity index (χ0n) is 16.1. The zero-order valence-corrected chi connectivity index (χ0v) is 16.1. The summed E-state index contributed by atoms with van der Waals surface area (Å²) in [4.78, 5) is 16.6. The fourth-order valence-electron chi connectivity index (χ4n) is 3.00. The molecule has 0 unspecified atom stereocenters. The number of hydrogen-bond donors (Lipinski definition) is 0. The summed E-state index contributed by atoms with van der Waals surface area (Å²) in [5.74, 6) is 2.62. The van der Waals surface area contributed by atoms with Crippen LogP contribution in [-0.4, -0.2) is 58.7 Å². The number of piperazine rings is 1. The minimum absolute atomic E-state index is 0.200. The summed E-state index contributed by atoms with van der Waals surface area (Å²) in [5.41, 5.74) is 0. The van der Waals surface area contributed by atoms with Gasteiger partial charge in [-0.15, -0.1) is 10.2 Å². The predicted octanol–water partition coefficient (Wildman–Crippen LogP) is 2.70. The summed E-state index contributed by atoms with van der Waals surface area (Å²) < 4.78 is 11.3. The maximum atomic E-state index is 12.4. The molecule has 1 aromatic carbocycles. The molecule has 0 atom stereocenters. The first-order chi connectivity index (χ1) is 13.1. The average Bonchev–Trinajstić information content (AvgIpc) is 3.15. The highest BCUT2D eigenvalue weighted by molar-refractivity contribution is 5.76. The normalized spacial score (nSPS) is 15.3. The number of aromatic nitrogens is 2. The van der Waals surface area contributed by atoms with Gasteiger partial charge in [-0.3, -0.25) is 9.69 Å². The Bertz CT molecular complexity index is 709. The molecule has 27 heavy (non-hydrogen) atoms. The van der Waals surface area contributed by atoms with Crippen molar-refractivity contribution in [1.29, 1.82) is 0 Å². The van der Waals surface area contributed by atoms with Gasteiger partial charge >= 0.3 is 0 Å². The first-order valence-corrected chi connectivity index (χ1v) is 9.62. The molecule has 1 aliphatic heterocycles. The first-order valence-electron chi connectivity index (χ1n) is 9.62. The Balaban J connectivity index is 1.33. The summed E-state index contributed by atoms with van der Waals surface area (Å²) in [6.45, 7) is 8.40. The van der Waals surface area contributed by atoms with Crippen molar-refractivity contribution in [3.05, 3.63) is 42.1 Å². The number of benzene rings is 1. The quantitative estimate of drug-likeness (QED) is 0.664. The Morgan fingerprint density at radius 3 is 2.56 bits per heavy atom. The Labute approximate surface area is 160 Å². The van der Waals surface area contributed by atoms with Crippen LogP contribution < -0.4 is 4.74 Å². The van der Waals surface area contributed by atoms with E-state index in [1.165, 1.54) is 0 Å². The maximum absolute atomic E-state index is 12.4. The van der Waals surface area contributed by atoms with Crippen LogP contribution in [0.4, 0.5) is 0 Å². The molecule has 0 aliphatic carbocycles. The van der Waals surface area contributed by atoms with E-state index in [1.54, 1.807) is 0 Å². The molecular formula is C20H28N4O3. The number of nitrogens with zero attached hydrogens (tertiary/aromatic N) is 4. The van der Waals surface area contributed by atoms with E-state index in [-0.39, 0.29) is 11.8 Å². The predicted molar refractivity (Wildman–Crippen MR) is 101 cm³/mol. The molecule has 1 aliphatic rings. The summed E-state index contributed by atoms with van der Waals surface area (Å²) in [7, 11) is 0. The molecule has 0 radical (unpaired) electrons. The van der Waals surface area contributed by atoms with Gasteiger partial charge < -0.3 is 14.1 Å². The summed E-state index contributed by atoms with van der Waals surface area (Å²) in [5, 5.41) is 8.18. The van der Waals surface area contributed by atoms with Gasteiger partial charge in [-0.05, 0) is 18.6 Å². The van der Waals surface area contributed by atoms with Crippen LogP contribution in [0.3, 0.4) is 0 Å². The number of amides is 1. The second-order valence-electron chi connectivity index (χ2n) is 7.11. The second kappa shape index (κ2) is 9.50. The molecule has 146 valence electrons. The van der Waals surface area contributed by atoms with Crippen LogP contribution in [0.2, 0.25) is 0 Å². The summed E-state index contributed by atoms with van der Waals surface area (Å²) >= 11 is 0. The van der Waals surface area contributed by atoms with Gasteiger partial charge in [0.05, 0.1) is 13.2 Å². The van der Waals surface area contributed by atoms with Crippen molar-refractivity contribution in [3.63, 3.8) is 0 Å². The number of ether oxygens (including phenoxy) is 1. The molecule has 1 saturated heterocycles. The summed E-state index contributed by atoms with van der Waals surface area (Å²) in [6, 6.07) is 9.69. The van der Waals surface area contributed by atoms with E-state index in [0.717, 1.165) is 38.3 Å². The Hall–Kier alpha value is -2.41. The Morgan fingerprint density at radius 2 is 1.89 bits per heavy atom. The lowest BCUT2D eigenvalue weighted by molar-refractivity contribution is -0.133. The van der Waals surface area contributed by atoms with Crippen LogP contribution in [0.5, 0.6) is 5.75 Å². The van der Waals surface area contributed by atoms with Crippen molar-refractivity contribution < 1.29 is 13.9 Å². The van der Waals surface area contributed by atoms with E-state index in [2.05, 4.69) is 15.1 Å². The number of para-hydroxylation sites is 1. The SMILES string of the molecule is CC(C)c1nnc(CN2CCN(C(=O)CCCOc3ccccc3)CC2)o1. The Morgan fingerprint density at radius 1 is 1.15 bits per heavy atom. The molecule has 1 aromatic heterocycles. The smallest absolute Gasteiger partial charge is 0.230 e. The molecule has 1 amide bonds. The van der Waals surface area contributed by atoms with Crippen molar-refractivity contribution in [2.24, 2.45) is 0 Å². The lowest BCUT2D eigenvalue weighted by Gasteiger charge is -2.34. The first kappa shape index (κ1) is 19.4. The number of rotatable bonds is 8. The third kappa shape index (κ3) is 5.79. The van der Waals surface area contributed by atoms with Crippen LogP contribution in [0.15, 0.2) is 34.7 Å². The number of hydrogen-bond acceptors (Lipinski definition) is 6. The van der Waals surface area contributed by atoms with Gasteiger partial charge in [0.25, 0.3) is 0 Å². The minimum atomic E-state index is 0.200. The topological polar surface area (TPSA) is 71.7 Å². The fraction of sp³-hybridized carbons (Fsp3) is 0.550. The standard InChI is InChI=1S/C20H28N4O3/c1-16(2)20-22-21-18(27-20)15-23-10-12-24(13-11-23)19(25)9-6-14-26-17-7-4-3-5-8-17/h3-5,7-8,16H,6,9-15H2,1-2H3. The van der Waals surface area contributed by atoms with Crippen molar-refractivity contribution in [1.82, 2.24) is 20.0 Å². The molecule has 2 aromatic rings. The van der Waals surface area contributed by atoms with Crippen molar-refractivity contribution in [2.75, 3.05) is 32.8 Å². The third-order valence-corrected chi connectivity index (χ3v) is 4.61. The van der Waals surface area contributed by atoms with Crippen molar-refractivity contribution >= 4 is 5.91 Å². The largest absolute Gasteiger partial charge is 0.494 e. The van der Waals surface area contributed by atoms with Crippen LogP contribution in [0.25, 0.3) is 0 Å². The van der Waals surface area contributed by atoms with E-state index in [9.17, 15) is 4.79 Å². The molecule has 1 fully saturated rings. The number of carbonyl (C=O) groups is 1. The third-order valence-electron chi connectivity index (χ3n) is 4.61. The molecule has 3 rings (SSSR count). The van der Waals surface area contributed by atoms with Gasteiger partial charge in [-0.1, -0.05) is 32.0 Å². The highest BCUT2D eigenvalue weighted by atomic mass is 16.5. The molecule has 0 saturated carbocycles. The van der Waals surface area contributed by atoms with E-state index in [4.69, 9.17) is 9.15 Å². The van der Waals surface area contributed by atoms with Gasteiger partial charge in [0.1, 0.15) is 5.75 Å². The van der Waals surface area contributed by atoms with E-state index >= 15 is 0 Å². The van der Waals surface area contributed by atoms with Crippen LogP contribution in [-0.2, 0) is 11.3 Å². The van der Waals surface area contributed by atoms with Crippen LogP contribution >= 0.6 is 0 Å². The van der Waals surface area contributed by atoms with E-state index in [1.807, 2.05) is 49.1 Å². The molecule has 0 spiro atoms. The Kier molecular flexibility index (Phi) is 6.81. The van der Waals surface area contributed by atoms with Gasteiger partial charge in [0, 0.05) is 38.5 Å². The van der Waals surface area contributed by atoms with Crippen LogP contribution in [0, 0.1) is 0 Å². The van der Waals surface area contributed by atoms with Gasteiger partial charge in [-0.2, -0.15) is 0 Å². The molecule has 7 heteroatoms. The van der Waals surface area contributed by atoms with Crippen molar-refractivity contribution in [2.45, 2.75) is 39.2 Å². The van der Waals surface area contributed by atoms with E-state index < -0.39 is 0 Å². The van der Waals surface area contributed by atoms with Gasteiger partial charge in [-0.25, -0.2) is 0 Å².